The number of halogens is 1. The third-order valence-electron chi connectivity index (χ3n) is 2.90. The standard InChI is InChI=1S/C14H16BrN3O3S/c1-10-6-13(18(2)17-10)16-14(19)9-22(20,21)8-11-4-3-5-12(15)7-11/h3-7H,8-9H2,1-2H3,(H,16,19). The number of aromatic nitrogens is 2. The Hall–Kier alpha value is -1.67. The van der Waals surface area contributed by atoms with Crippen molar-refractivity contribution in [2.45, 2.75) is 12.7 Å². The number of hydrogen-bond donors (Lipinski definition) is 1. The Morgan fingerprint density at radius 3 is 2.68 bits per heavy atom. The summed E-state index contributed by atoms with van der Waals surface area (Å²) in [5.41, 5.74) is 1.38. The lowest BCUT2D eigenvalue weighted by Crippen LogP contribution is -2.24. The van der Waals surface area contributed by atoms with Gasteiger partial charge in [0.15, 0.2) is 9.84 Å². The van der Waals surface area contributed by atoms with E-state index in [1.54, 1.807) is 38.2 Å². The molecule has 0 spiro atoms. The zero-order valence-corrected chi connectivity index (χ0v) is 14.6. The normalized spacial score (nSPS) is 11.4. The van der Waals surface area contributed by atoms with Crippen LogP contribution in [0.5, 0.6) is 0 Å². The minimum atomic E-state index is -3.54. The molecule has 2 aromatic rings. The molecule has 1 amide bonds. The van der Waals surface area contributed by atoms with Gasteiger partial charge in [-0.05, 0) is 24.6 Å². The number of sulfone groups is 1. The van der Waals surface area contributed by atoms with E-state index in [2.05, 4.69) is 26.3 Å². The highest BCUT2D eigenvalue weighted by molar-refractivity contribution is 9.10. The number of carbonyl (C=O) groups is 1. The molecular weight excluding hydrogens is 370 g/mol. The fraction of sp³-hybridized carbons (Fsp3) is 0.286. The Morgan fingerprint density at radius 1 is 1.36 bits per heavy atom. The number of carbonyl (C=O) groups excluding carboxylic acids is 1. The van der Waals surface area contributed by atoms with Crippen molar-refractivity contribution >= 4 is 37.5 Å². The molecule has 1 N–H and O–H groups in total. The van der Waals surface area contributed by atoms with Crippen molar-refractivity contribution in [3.05, 3.63) is 46.1 Å². The summed E-state index contributed by atoms with van der Waals surface area (Å²) in [5.74, 6) is -0.841. The van der Waals surface area contributed by atoms with Gasteiger partial charge in [0.1, 0.15) is 11.6 Å². The molecule has 1 heterocycles. The first-order chi connectivity index (χ1) is 10.2. The summed E-state index contributed by atoms with van der Waals surface area (Å²) in [5, 5.41) is 6.64. The predicted molar refractivity (Wildman–Crippen MR) is 88.2 cm³/mol. The lowest BCUT2D eigenvalue weighted by molar-refractivity contribution is -0.113. The molecule has 0 saturated carbocycles. The van der Waals surface area contributed by atoms with Gasteiger partial charge in [0.05, 0.1) is 11.4 Å². The van der Waals surface area contributed by atoms with E-state index >= 15 is 0 Å². The Labute approximate surface area is 137 Å². The first kappa shape index (κ1) is 16.7. The monoisotopic (exact) mass is 385 g/mol. The number of nitrogens with zero attached hydrogens (tertiary/aromatic N) is 2. The molecule has 0 unspecified atom stereocenters. The molecule has 2 rings (SSSR count). The minimum absolute atomic E-state index is 0.176. The van der Waals surface area contributed by atoms with Gasteiger partial charge in [-0.15, -0.1) is 0 Å². The van der Waals surface area contributed by atoms with Crippen molar-refractivity contribution in [2.24, 2.45) is 7.05 Å². The van der Waals surface area contributed by atoms with Gasteiger partial charge in [-0.3, -0.25) is 9.48 Å². The quantitative estimate of drug-likeness (QED) is 0.853. The molecule has 0 bridgehead atoms. The van der Waals surface area contributed by atoms with Crippen molar-refractivity contribution in [2.75, 3.05) is 11.1 Å². The van der Waals surface area contributed by atoms with Crippen molar-refractivity contribution in [1.82, 2.24) is 9.78 Å². The van der Waals surface area contributed by atoms with Crippen LogP contribution in [0.3, 0.4) is 0 Å². The number of aryl methyl sites for hydroxylation is 2. The summed E-state index contributed by atoms with van der Waals surface area (Å²) in [7, 11) is -1.86. The van der Waals surface area contributed by atoms with Crippen molar-refractivity contribution in [1.29, 1.82) is 0 Å². The largest absolute Gasteiger partial charge is 0.310 e. The maximum absolute atomic E-state index is 12.1. The van der Waals surface area contributed by atoms with Gasteiger partial charge < -0.3 is 5.32 Å². The minimum Gasteiger partial charge on any atom is -0.310 e. The van der Waals surface area contributed by atoms with Crippen LogP contribution in [0.25, 0.3) is 0 Å². The molecule has 6 nitrogen and oxygen atoms in total. The zero-order chi connectivity index (χ0) is 16.3. The topological polar surface area (TPSA) is 81.1 Å². The number of nitrogens with one attached hydrogen (secondary N) is 1. The van der Waals surface area contributed by atoms with Crippen LogP contribution >= 0.6 is 15.9 Å². The zero-order valence-electron chi connectivity index (χ0n) is 12.2. The molecule has 22 heavy (non-hydrogen) atoms. The second-order valence-electron chi connectivity index (χ2n) is 5.00. The Balaban J connectivity index is 2.02. The van der Waals surface area contributed by atoms with Gasteiger partial charge in [0.2, 0.25) is 5.91 Å². The first-order valence-corrected chi connectivity index (χ1v) is 9.12. The number of rotatable bonds is 5. The van der Waals surface area contributed by atoms with Crippen LogP contribution in [0.4, 0.5) is 5.82 Å². The van der Waals surface area contributed by atoms with Gasteiger partial charge in [-0.25, -0.2) is 8.42 Å². The number of anilines is 1. The Morgan fingerprint density at radius 2 is 2.09 bits per heavy atom. The van der Waals surface area contributed by atoms with Crippen molar-refractivity contribution in [3.63, 3.8) is 0 Å². The highest BCUT2D eigenvalue weighted by atomic mass is 79.9. The van der Waals surface area contributed by atoms with Crippen LogP contribution in [-0.4, -0.2) is 29.9 Å². The van der Waals surface area contributed by atoms with Crippen LogP contribution in [0, 0.1) is 6.92 Å². The predicted octanol–water partition coefficient (Wildman–Crippen LogP) is 2.04. The second-order valence-corrected chi connectivity index (χ2v) is 7.99. The number of hydrogen-bond acceptors (Lipinski definition) is 4. The maximum atomic E-state index is 12.1. The fourth-order valence-corrected chi connectivity index (χ4v) is 3.75. The van der Waals surface area contributed by atoms with E-state index in [1.807, 2.05) is 6.07 Å². The molecule has 0 fully saturated rings. The van der Waals surface area contributed by atoms with Crippen LogP contribution in [-0.2, 0) is 27.4 Å². The van der Waals surface area contributed by atoms with Gasteiger partial charge in [0, 0.05) is 17.6 Å². The van der Waals surface area contributed by atoms with E-state index in [9.17, 15) is 13.2 Å². The summed E-state index contributed by atoms with van der Waals surface area (Å²) in [4.78, 5) is 11.9. The summed E-state index contributed by atoms with van der Waals surface area (Å²) >= 11 is 3.29. The van der Waals surface area contributed by atoms with Crippen molar-refractivity contribution in [3.8, 4) is 0 Å². The third-order valence-corrected chi connectivity index (χ3v) is 4.86. The van der Waals surface area contributed by atoms with Crippen LogP contribution in [0.15, 0.2) is 34.8 Å². The second kappa shape index (κ2) is 6.62. The lowest BCUT2D eigenvalue weighted by Gasteiger charge is -2.07. The average molecular weight is 386 g/mol. The van der Waals surface area contributed by atoms with Gasteiger partial charge in [0.25, 0.3) is 0 Å². The third kappa shape index (κ3) is 4.67. The first-order valence-electron chi connectivity index (χ1n) is 6.50. The molecule has 0 radical (unpaired) electrons. The highest BCUT2D eigenvalue weighted by Gasteiger charge is 2.18. The van der Waals surface area contributed by atoms with Crippen LogP contribution < -0.4 is 5.32 Å². The smallest absolute Gasteiger partial charge is 0.240 e. The molecule has 0 aliphatic rings. The molecule has 0 aliphatic carbocycles. The number of benzene rings is 1. The molecule has 1 aromatic heterocycles. The molecule has 0 aliphatic heterocycles. The summed E-state index contributed by atoms with van der Waals surface area (Å²) in [6.45, 7) is 1.79. The van der Waals surface area contributed by atoms with Crippen LogP contribution in [0.2, 0.25) is 0 Å². The molecule has 118 valence electrons. The molecule has 8 heteroatoms. The number of amides is 1. The fourth-order valence-electron chi connectivity index (χ4n) is 2.04. The van der Waals surface area contributed by atoms with E-state index in [1.165, 1.54) is 4.68 Å². The van der Waals surface area contributed by atoms with Gasteiger partial charge in [-0.1, -0.05) is 28.1 Å². The van der Waals surface area contributed by atoms with E-state index in [0.29, 0.717) is 11.4 Å². The van der Waals surface area contributed by atoms with E-state index in [4.69, 9.17) is 0 Å². The Kier molecular flexibility index (Phi) is 5.02. The molecule has 0 atom stereocenters. The van der Waals surface area contributed by atoms with E-state index < -0.39 is 21.5 Å². The van der Waals surface area contributed by atoms with Crippen molar-refractivity contribution < 1.29 is 13.2 Å². The lowest BCUT2D eigenvalue weighted by atomic mass is 10.2. The van der Waals surface area contributed by atoms with E-state index in [-0.39, 0.29) is 5.75 Å². The maximum Gasteiger partial charge on any atom is 0.240 e. The van der Waals surface area contributed by atoms with E-state index in [0.717, 1.165) is 10.2 Å². The summed E-state index contributed by atoms with van der Waals surface area (Å²) in [6, 6.07) is 8.68. The summed E-state index contributed by atoms with van der Waals surface area (Å²) < 4.78 is 26.5. The molecular formula is C14H16BrN3O3S. The average Bonchev–Trinajstić information content (AvgIpc) is 2.65. The summed E-state index contributed by atoms with van der Waals surface area (Å²) in [6.07, 6.45) is 0. The SMILES string of the molecule is Cc1cc(NC(=O)CS(=O)(=O)Cc2cccc(Br)c2)n(C)n1. The van der Waals surface area contributed by atoms with Gasteiger partial charge >= 0.3 is 0 Å². The highest BCUT2D eigenvalue weighted by Crippen LogP contribution is 2.15. The molecule has 1 aromatic carbocycles. The van der Waals surface area contributed by atoms with Gasteiger partial charge in [-0.2, -0.15) is 5.10 Å². The molecule has 0 saturated heterocycles. The Bertz CT molecular complexity index is 799. The van der Waals surface area contributed by atoms with Crippen LogP contribution in [0.1, 0.15) is 11.3 Å².